The van der Waals surface area contributed by atoms with Gasteiger partial charge in [-0.05, 0) is 109 Å². The van der Waals surface area contributed by atoms with Gasteiger partial charge in [0.2, 0.25) is 21.7 Å². The number of oxime groups is 1. The van der Waals surface area contributed by atoms with E-state index in [1.54, 1.807) is 36.4 Å². The average molecular weight is 966 g/mol. The summed E-state index contributed by atoms with van der Waals surface area (Å²) in [5.41, 5.74) is 3.67. The maximum absolute atomic E-state index is 14.9. The number of ether oxygens (including phenoxy) is 3. The van der Waals surface area contributed by atoms with Crippen molar-refractivity contribution in [2.24, 2.45) is 22.9 Å². The Morgan fingerprint density at radius 2 is 1.68 bits per heavy atom. The summed E-state index contributed by atoms with van der Waals surface area (Å²) >= 11 is 0. The van der Waals surface area contributed by atoms with Gasteiger partial charge >= 0.3 is 6.09 Å². The summed E-state index contributed by atoms with van der Waals surface area (Å²) in [7, 11) is -2.89. The van der Waals surface area contributed by atoms with E-state index in [2.05, 4.69) is 23.3 Å². The van der Waals surface area contributed by atoms with E-state index in [4.69, 9.17) is 24.2 Å². The van der Waals surface area contributed by atoms with Crippen molar-refractivity contribution in [1.29, 1.82) is 0 Å². The zero-order valence-corrected chi connectivity index (χ0v) is 39.5. The first-order chi connectivity index (χ1) is 33.3. The SMILES string of the molecule is C=CCO[C@@]12Oc3ccc(OC(=O)NCc4ccccc4)cc3[C@H]3[C@H](CCCCO)[C@@H](CCCCO)C=C(C(=NOCc4ccc([N+](=O)[O-])cc4)C[C@@H]1N(C)S(=O)(=O)c1ccc(NC(C)=O)cc1)[C@H]32. The number of nitrogens with one attached hydrogen (secondary N) is 2. The summed E-state index contributed by atoms with van der Waals surface area (Å²) in [4.78, 5) is 42.0. The van der Waals surface area contributed by atoms with Gasteiger partial charge in [0.05, 0.1) is 34.1 Å². The molecule has 366 valence electrons. The molecular formula is C51H59N5O12S. The Balaban J connectivity index is 1.38. The molecule has 3 aliphatic rings. The van der Waals surface area contributed by atoms with Crippen LogP contribution in [0.15, 0.2) is 131 Å². The number of non-ortho nitro benzene ring substituents is 1. The number of unbranched alkanes of at least 4 members (excludes halogenated alkanes) is 2. The fourth-order valence-corrected chi connectivity index (χ4v) is 11.2. The third-order valence-electron chi connectivity index (χ3n) is 13.0. The lowest BCUT2D eigenvalue weighted by Gasteiger charge is -2.59. The van der Waals surface area contributed by atoms with E-state index in [1.165, 1.54) is 54.7 Å². The van der Waals surface area contributed by atoms with Gasteiger partial charge in [-0.15, -0.1) is 6.58 Å². The maximum atomic E-state index is 14.9. The van der Waals surface area contributed by atoms with Gasteiger partial charge in [-0.1, -0.05) is 60.5 Å². The molecule has 4 aromatic carbocycles. The normalized spacial score (nSPS) is 22.1. The number of nitro benzene ring substituents is 1. The Kier molecular flexibility index (Phi) is 16.6. The standard InChI is InChI=1S/C51H59N5O12S/c1-4-28-65-51-47(55(3)69(63,64)41-23-18-38(19-24-41)53-34(2)59)31-45(54-66-33-36-16-20-39(21-17-36)56(61)62)43-29-37(14-8-10-26-57)42(15-9-11-27-58)48(49(43)51)44-30-40(22-25-46(44)68-51)67-50(60)52-32-35-12-6-5-7-13-35/h4-7,12-13,16-25,29-30,37,42,47-49,57-58H,1,8-11,14-15,26-28,31-33H2,2-3H3,(H,52,60)(H,53,59)/t37-,42+,47-,48+,49+,51+/m0/s1. The van der Waals surface area contributed by atoms with Crippen LogP contribution in [0.25, 0.3) is 0 Å². The van der Waals surface area contributed by atoms with Crippen molar-refractivity contribution in [3.63, 3.8) is 0 Å². The van der Waals surface area contributed by atoms with Crippen LogP contribution in [-0.4, -0.2) is 84.3 Å². The number of aliphatic hydroxyl groups excluding tert-OH is 2. The average Bonchev–Trinajstić information content (AvgIpc) is 3.34. The largest absolute Gasteiger partial charge is 0.460 e. The summed E-state index contributed by atoms with van der Waals surface area (Å²) in [6.45, 7) is 5.44. The topological polar surface area (TPSA) is 228 Å². The second-order valence-electron chi connectivity index (χ2n) is 17.4. The number of hydrogen-bond acceptors (Lipinski definition) is 13. The molecule has 0 aromatic heterocycles. The smallest absolute Gasteiger partial charge is 0.412 e. The first kappa shape index (κ1) is 50.4. The van der Waals surface area contributed by atoms with Crippen molar-refractivity contribution in [2.45, 2.75) is 87.7 Å². The number of amides is 2. The number of carbonyl (C=O) groups is 2. The van der Waals surface area contributed by atoms with Gasteiger partial charge in [0.25, 0.3) is 5.69 Å². The molecule has 4 N–H and O–H groups in total. The first-order valence-corrected chi connectivity index (χ1v) is 24.5. The molecule has 0 saturated heterocycles. The minimum atomic E-state index is -4.35. The third-order valence-corrected chi connectivity index (χ3v) is 14.9. The minimum Gasteiger partial charge on any atom is -0.460 e. The molecule has 17 nitrogen and oxygen atoms in total. The van der Waals surface area contributed by atoms with Crippen LogP contribution in [0.4, 0.5) is 16.2 Å². The minimum absolute atomic E-state index is 0.00832. The van der Waals surface area contributed by atoms with Crippen LogP contribution in [0.1, 0.15) is 74.5 Å². The second-order valence-corrected chi connectivity index (χ2v) is 19.4. The summed E-state index contributed by atoms with van der Waals surface area (Å²) in [6.07, 6.45) is 6.76. The van der Waals surface area contributed by atoms with Crippen molar-refractivity contribution in [3.05, 3.63) is 148 Å². The highest BCUT2D eigenvalue weighted by Gasteiger charge is 2.65. The Morgan fingerprint density at radius 3 is 2.35 bits per heavy atom. The van der Waals surface area contributed by atoms with Gasteiger partial charge in [-0.25, -0.2) is 13.2 Å². The number of nitrogens with zero attached hydrogens (tertiary/aromatic N) is 3. The molecule has 4 aromatic rings. The van der Waals surface area contributed by atoms with E-state index < -0.39 is 44.7 Å². The van der Waals surface area contributed by atoms with Crippen molar-refractivity contribution in [1.82, 2.24) is 9.62 Å². The zero-order valence-electron chi connectivity index (χ0n) is 38.7. The predicted octanol–water partition coefficient (Wildman–Crippen LogP) is 8.00. The quantitative estimate of drug-likeness (QED) is 0.0254. The number of sulfonamides is 1. The molecule has 69 heavy (non-hydrogen) atoms. The summed E-state index contributed by atoms with van der Waals surface area (Å²) in [5, 5.41) is 41.5. The first-order valence-electron chi connectivity index (χ1n) is 23.1. The van der Waals surface area contributed by atoms with E-state index in [-0.39, 0.29) is 73.5 Å². The number of benzene rings is 4. The Hall–Kier alpha value is -6.44. The van der Waals surface area contributed by atoms with Crippen LogP contribution < -0.4 is 20.1 Å². The zero-order chi connectivity index (χ0) is 49.1. The van der Waals surface area contributed by atoms with Crippen molar-refractivity contribution < 1.29 is 52.2 Å². The van der Waals surface area contributed by atoms with Crippen LogP contribution in [-0.2, 0) is 37.5 Å². The van der Waals surface area contributed by atoms with Crippen LogP contribution in [0.2, 0.25) is 0 Å². The van der Waals surface area contributed by atoms with Gasteiger partial charge in [-0.3, -0.25) is 14.9 Å². The number of fused-ring (bicyclic) bond motifs is 2. The highest BCUT2D eigenvalue weighted by Crippen LogP contribution is 2.62. The molecule has 7 rings (SSSR count). The Labute approximate surface area is 402 Å². The molecule has 18 heteroatoms. The van der Waals surface area contributed by atoms with Crippen LogP contribution in [0, 0.1) is 27.9 Å². The van der Waals surface area contributed by atoms with E-state index >= 15 is 0 Å². The maximum Gasteiger partial charge on any atom is 0.412 e. The molecule has 1 aliphatic heterocycles. The molecule has 2 amide bonds. The molecule has 0 spiro atoms. The summed E-state index contributed by atoms with van der Waals surface area (Å²) in [5.74, 6) is -2.93. The van der Waals surface area contributed by atoms with Gasteiger partial charge in [0, 0.05) is 69.5 Å². The number of hydrogen-bond donors (Lipinski definition) is 4. The molecule has 2 aliphatic carbocycles. The number of aliphatic hydroxyl groups is 2. The number of rotatable bonds is 22. The lowest BCUT2D eigenvalue weighted by Crippen LogP contribution is -2.69. The summed E-state index contributed by atoms with van der Waals surface area (Å²) < 4.78 is 51.1. The van der Waals surface area contributed by atoms with Crippen LogP contribution in [0.3, 0.4) is 0 Å². The van der Waals surface area contributed by atoms with Crippen LogP contribution in [0.5, 0.6) is 11.5 Å². The second kappa shape index (κ2) is 22.8. The highest BCUT2D eigenvalue weighted by atomic mass is 32.2. The Bertz CT molecular complexity index is 2630. The van der Waals surface area contributed by atoms with Gasteiger partial charge in [0.1, 0.15) is 18.1 Å². The van der Waals surface area contributed by atoms with E-state index in [9.17, 15) is 38.3 Å². The molecule has 0 radical (unpaired) electrons. The van der Waals surface area contributed by atoms with Gasteiger partial charge in [0.15, 0.2) is 0 Å². The third kappa shape index (κ3) is 11.5. The molecule has 6 atom stereocenters. The molecule has 1 heterocycles. The molecule has 1 fully saturated rings. The van der Waals surface area contributed by atoms with Gasteiger partial charge < -0.3 is 39.9 Å². The molecule has 1 saturated carbocycles. The number of nitro groups is 1. The number of allylic oxidation sites excluding steroid dienone is 1. The highest BCUT2D eigenvalue weighted by molar-refractivity contribution is 7.89. The fourth-order valence-electron chi connectivity index (χ4n) is 9.83. The summed E-state index contributed by atoms with van der Waals surface area (Å²) in [6, 6.07) is 25.2. The van der Waals surface area contributed by atoms with Crippen molar-refractivity contribution in [2.75, 3.05) is 32.2 Å². The lowest BCUT2D eigenvalue weighted by molar-refractivity contribution is -0.384. The molecule has 0 bridgehead atoms. The molecule has 0 unspecified atom stereocenters. The van der Waals surface area contributed by atoms with E-state index in [0.717, 1.165) is 5.56 Å². The number of carbonyl (C=O) groups excluding carboxylic acids is 2. The lowest BCUT2D eigenvalue weighted by atomic mass is 9.55. The Morgan fingerprint density at radius 1 is 0.971 bits per heavy atom. The van der Waals surface area contributed by atoms with E-state index in [1.807, 2.05) is 30.3 Å². The number of anilines is 1. The van der Waals surface area contributed by atoms with Crippen molar-refractivity contribution in [3.8, 4) is 11.5 Å². The number of likely N-dealkylation sites (N-methyl/N-ethyl adjacent to an activating group) is 1. The van der Waals surface area contributed by atoms with Crippen molar-refractivity contribution >= 4 is 39.1 Å². The fraction of sp³-hybridized carbons (Fsp3) is 0.392. The van der Waals surface area contributed by atoms with Crippen LogP contribution >= 0.6 is 0 Å². The van der Waals surface area contributed by atoms with E-state index in [0.29, 0.717) is 72.4 Å². The molecular weight excluding hydrogens is 907 g/mol. The van der Waals surface area contributed by atoms with Gasteiger partial charge in [-0.2, -0.15) is 4.31 Å². The predicted molar refractivity (Wildman–Crippen MR) is 258 cm³/mol. The monoisotopic (exact) mass is 965 g/mol.